The van der Waals surface area contributed by atoms with E-state index in [1.54, 1.807) is 0 Å². The number of nitrogens with zero attached hydrogens (tertiary/aromatic N) is 1. The minimum atomic E-state index is 0.0717. The normalized spacial score (nSPS) is 18.6. The largest absolute Gasteiger partial charge is 0.324 e. The zero-order valence-corrected chi connectivity index (χ0v) is 13.7. The Morgan fingerprint density at radius 2 is 1.87 bits per heavy atom. The molecule has 120 valence electrons. The van der Waals surface area contributed by atoms with Gasteiger partial charge in [-0.05, 0) is 36.9 Å². The molecule has 3 rings (SSSR count). The van der Waals surface area contributed by atoms with Crippen LogP contribution in [-0.4, -0.2) is 30.4 Å². The summed E-state index contributed by atoms with van der Waals surface area (Å²) >= 11 is 0. The summed E-state index contributed by atoms with van der Waals surface area (Å²) in [6.45, 7) is 4.79. The Bertz CT molecular complexity index is 654. The molecule has 2 aromatic carbocycles. The standard InChI is InChI=1S/C20H24N2O/c1-16-8-7-13-22(14-16)15-20(23)21-19-12-6-5-11-18(19)17-9-3-2-4-10-17/h2-6,9-12,16H,7-8,13-15H2,1H3,(H,21,23)/t16-/m1/s1. The van der Waals surface area contributed by atoms with E-state index in [0.29, 0.717) is 12.5 Å². The zero-order chi connectivity index (χ0) is 16.1. The summed E-state index contributed by atoms with van der Waals surface area (Å²) in [5.74, 6) is 0.760. The summed E-state index contributed by atoms with van der Waals surface area (Å²) in [7, 11) is 0. The maximum Gasteiger partial charge on any atom is 0.238 e. The van der Waals surface area contributed by atoms with Crippen molar-refractivity contribution in [2.75, 3.05) is 25.0 Å². The van der Waals surface area contributed by atoms with Gasteiger partial charge < -0.3 is 5.32 Å². The number of rotatable bonds is 4. The first kappa shape index (κ1) is 15.8. The van der Waals surface area contributed by atoms with Gasteiger partial charge in [0.1, 0.15) is 0 Å². The van der Waals surface area contributed by atoms with Crippen LogP contribution in [0.2, 0.25) is 0 Å². The number of amides is 1. The summed E-state index contributed by atoms with van der Waals surface area (Å²) in [5.41, 5.74) is 3.07. The van der Waals surface area contributed by atoms with Crippen molar-refractivity contribution in [3.63, 3.8) is 0 Å². The number of para-hydroxylation sites is 1. The number of hydrogen-bond donors (Lipinski definition) is 1. The van der Waals surface area contributed by atoms with Crippen LogP contribution < -0.4 is 5.32 Å². The molecule has 1 saturated heterocycles. The molecule has 1 amide bonds. The van der Waals surface area contributed by atoms with E-state index < -0.39 is 0 Å². The monoisotopic (exact) mass is 308 g/mol. The van der Waals surface area contributed by atoms with E-state index in [9.17, 15) is 4.79 Å². The Kier molecular flexibility index (Phi) is 5.09. The summed E-state index contributed by atoms with van der Waals surface area (Å²) in [6, 6.07) is 18.2. The number of hydrogen-bond acceptors (Lipinski definition) is 2. The fourth-order valence-corrected chi connectivity index (χ4v) is 3.28. The number of likely N-dealkylation sites (tertiary alicyclic amines) is 1. The van der Waals surface area contributed by atoms with Gasteiger partial charge in [-0.25, -0.2) is 0 Å². The molecule has 0 unspecified atom stereocenters. The molecule has 3 nitrogen and oxygen atoms in total. The van der Waals surface area contributed by atoms with Crippen LogP contribution in [0.1, 0.15) is 19.8 Å². The molecule has 0 bridgehead atoms. The predicted molar refractivity (Wildman–Crippen MR) is 95.3 cm³/mol. The van der Waals surface area contributed by atoms with Crippen LogP contribution in [0.5, 0.6) is 0 Å². The zero-order valence-electron chi connectivity index (χ0n) is 13.7. The lowest BCUT2D eigenvalue weighted by Crippen LogP contribution is -2.39. The SMILES string of the molecule is C[C@@H]1CCCN(CC(=O)Nc2ccccc2-c2ccccc2)C1. The van der Waals surface area contributed by atoms with E-state index in [1.807, 2.05) is 42.5 Å². The molecular weight excluding hydrogens is 284 g/mol. The predicted octanol–water partition coefficient (Wildman–Crippen LogP) is 4.02. The minimum absolute atomic E-state index is 0.0717. The second-order valence-electron chi connectivity index (χ2n) is 6.44. The van der Waals surface area contributed by atoms with Crippen LogP contribution in [-0.2, 0) is 4.79 Å². The van der Waals surface area contributed by atoms with Gasteiger partial charge in [-0.3, -0.25) is 9.69 Å². The Morgan fingerprint density at radius 1 is 1.13 bits per heavy atom. The van der Waals surface area contributed by atoms with Gasteiger partial charge in [0.25, 0.3) is 0 Å². The molecule has 0 radical (unpaired) electrons. The average Bonchev–Trinajstić information content (AvgIpc) is 2.56. The average molecular weight is 308 g/mol. The molecule has 0 spiro atoms. The molecular formula is C20H24N2O. The van der Waals surface area contributed by atoms with E-state index >= 15 is 0 Å². The maximum atomic E-state index is 12.4. The molecule has 23 heavy (non-hydrogen) atoms. The van der Waals surface area contributed by atoms with Crippen molar-refractivity contribution in [2.24, 2.45) is 5.92 Å². The van der Waals surface area contributed by atoms with Crippen molar-refractivity contribution >= 4 is 11.6 Å². The highest BCUT2D eigenvalue weighted by molar-refractivity contribution is 5.96. The molecule has 0 aliphatic carbocycles. The van der Waals surface area contributed by atoms with E-state index in [-0.39, 0.29) is 5.91 Å². The van der Waals surface area contributed by atoms with E-state index in [4.69, 9.17) is 0 Å². The van der Waals surface area contributed by atoms with Crippen LogP contribution >= 0.6 is 0 Å². The maximum absolute atomic E-state index is 12.4. The van der Waals surface area contributed by atoms with E-state index in [1.165, 1.54) is 12.8 Å². The Labute approximate surface area is 138 Å². The highest BCUT2D eigenvalue weighted by atomic mass is 16.2. The number of anilines is 1. The van der Waals surface area contributed by atoms with E-state index in [0.717, 1.165) is 29.9 Å². The number of nitrogens with one attached hydrogen (secondary N) is 1. The summed E-state index contributed by atoms with van der Waals surface area (Å²) in [4.78, 5) is 14.7. The van der Waals surface area contributed by atoms with Crippen molar-refractivity contribution in [1.29, 1.82) is 0 Å². The van der Waals surface area contributed by atoms with Crippen LogP contribution in [0, 0.1) is 5.92 Å². The van der Waals surface area contributed by atoms with Gasteiger partial charge >= 0.3 is 0 Å². The van der Waals surface area contributed by atoms with Gasteiger partial charge in [-0.15, -0.1) is 0 Å². The second-order valence-corrected chi connectivity index (χ2v) is 6.44. The molecule has 1 N–H and O–H groups in total. The Balaban J connectivity index is 1.69. The van der Waals surface area contributed by atoms with Crippen molar-refractivity contribution in [2.45, 2.75) is 19.8 Å². The van der Waals surface area contributed by atoms with Crippen LogP contribution in [0.15, 0.2) is 54.6 Å². The van der Waals surface area contributed by atoms with Crippen molar-refractivity contribution < 1.29 is 4.79 Å². The lowest BCUT2D eigenvalue weighted by Gasteiger charge is -2.30. The van der Waals surface area contributed by atoms with Gasteiger partial charge in [0.15, 0.2) is 0 Å². The number of piperidine rings is 1. The first-order valence-electron chi connectivity index (χ1n) is 8.39. The quantitative estimate of drug-likeness (QED) is 0.925. The van der Waals surface area contributed by atoms with Crippen molar-refractivity contribution in [3.05, 3.63) is 54.6 Å². The molecule has 1 fully saturated rings. The molecule has 0 saturated carbocycles. The van der Waals surface area contributed by atoms with Crippen molar-refractivity contribution in [3.8, 4) is 11.1 Å². The summed E-state index contributed by atoms with van der Waals surface area (Å²) in [5, 5.41) is 3.09. The molecule has 2 aromatic rings. The molecule has 3 heteroatoms. The topological polar surface area (TPSA) is 32.3 Å². The summed E-state index contributed by atoms with van der Waals surface area (Å²) in [6.07, 6.45) is 2.46. The smallest absolute Gasteiger partial charge is 0.238 e. The third-order valence-electron chi connectivity index (χ3n) is 4.39. The molecule has 1 heterocycles. The first-order chi connectivity index (χ1) is 11.2. The summed E-state index contributed by atoms with van der Waals surface area (Å²) < 4.78 is 0. The van der Waals surface area contributed by atoms with Gasteiger partial charge in [-0.1, -0.05) is 55.5 Å². The third kappa shape index (κ3) is 4.20. The molecule has 0 aromatic heterocycles. The number of carbonyl (C=O) groups is 1. The second kappa shape index (κ2) is 7.42. The van der Waals surface area contributed by atoms with Crippen LogP contribution in [0.4, 0.5) is 5.69 Å². The number of carbonyl (C=O) groups excluding carboxylic acids is 1. The molecule has 1 aliphatic rings. The Hall–Kier alpha value is -2.13. The van der Waals surface area contributed by atoms with Crippen molar-refractivity contribution in [1.82, 2.24) is 4.90 Å². The van der Waals surface area contributed by atoms with Crippen LogP contribution in [0.25, 0.3) is 11.1 Å². The van der Waals surface area contributed by atoms with Crippen LogP contribution in [0.3, 0.4) is 0 Å². The number of benzene rings is 2. The highest BCUT2D eigenvalue weighted by Crippen LogP contribution is 2.27. The van der Waals surface area contributed by atoms with Gasteiger partial charge in [0, 0.05) is 17.8 Å². The first-order valence-corrected chi connectivity index (χ1v) is 8.39. The molecule has 1 atom stereocenters. The van der Waals surface area contributed by atoms with Gasteiger partial charge in [0.2, 0.25) is 5.91 Å². The minimum Gasteiger partial charge on any atom is -0.324 e. The lowest BCUT2D eigenvalue weighted by molar-refractivity contribution is -0.117. The molecule has 1 aliphatic heterocycles. The Morgan fingerprint density at radius 3 is 2.65 bits per heavy atom. The fourth-order valence-electron chi connectivity index (χ4n) is 3.28. The lowest BCUT2D eigenvalue weighted by atomic mass is 10.0. The highest BCUT2D eigenvalue weighted by Gasteiger charge is 2.19. The van der Waals surface area contributed by atoms with E-state index in [2.05, 4.69) is 29.3 Å². The third-order valence-corrected chi connectivity index (χ3v) is 4.39. The fraction of sp³-hybridized carbons (Fsp3) is 0.350. The van der Waals surface area contributed by atoms with Gasteiger partial charge in [0.05, 0.1) is 6.54 Å². The van der Waals surface area contributed by atoms with Gasteiger partial charge in [-0.2, -0.15) is 0 Å².